The van der Waals surface area contributed by atoms with Crippen molar-refractivity contribution < 1.29 is 9.59 Å². The summed E-state index contributed by atoms with van der Waals surface area (Å²) in [5.74, 6) is -0.395. The largest absolute Gasteiger partial charge is 0.347 e. The molecule has 0 spiro atoms. The van der Waals surface area contributed by atoms with Crippen LogP contribution < -0.4 is 10.6 Å². The molecule has 0 aromatic heterocycles. The molecule has 1 aliphatic carbocycles. The van der Waals surface area contributed by atoms with Crippen LogP contribution in [0.5, 0.6) is 0 Å². The molecule has 4 heteroatoms. The number of rotatable bonds is 6. The van der Waals surface area contributed by atoms with E-state index in [2.05, 4.69) is 22.8 Å². The summed E-state index contributed by atoms with van der Waals surface area (Å²) in [6.45, 7) is 0. The molecular weight excluding hydrogens is 360 g/mol. The quantitative estimate of drug-likeness (QED) is 0.679. The Morgan fingerprint density at radius 2 is 1.52 bits per heavy atom. The molecule has 0 bridgehead atoms. The molecule has 2 amide bonds. The minimum atomic E-state index is -0.641. The van der Waals surface area contributed by atoms with Crippen LogP contribution in [0.3, 0.4) is 0 Å². The van der Waals surface area contributed by atoms with E-state index >= 15 is 0 Å². The first-order chi connectivity index (χ1) is 14.2. The van der Waals surface area contributed by atoms with Crippen LogP contribution in [0, 0.1) is 0 Å². The molecule has 146 valence electrons. The lowest BCUT2D eigenvalue weighted by Crippen LogP contribution is -2.48. The van der Waals surface area contributed by atoms with Gasteiger partial charge in [0, 0.05) is 12.0 Å². The normalized spacial score (nSPS) is 15.9. The number of hydrogen-bond donors (Lipinski definition) is 2. The highest BCUT2D eigenvalue weighted by Gasteiger charge is 2.28. The summed E-state index contributed by atoms with van der Waals surface area (Å²) in [4.78, 5) is 25.8. The van der Waals surface area contributed by atoms with E-state index in [-0.39, 0.29) is 17.9 Å². The van der Waals surface area contributed by atoms with Crippen LogP contribution in [-0.4, -0.2) is 17.9 Å². The molecule has 0 aliphatic heterocycles. The van der Waals surface area contributed by atoms with Gasteiger partial charge in [0.1, 0.15) is 6.04 Å². The van der Waals surface area contributed by atoms with Gasteiger partial charge in [0.2, 0.25) is 5.91 Å². The number of nitrogens with one attached hydrogen (secondary N) is 2. The van der Waals surface area contributed by atoms with Crippen molar-refractivity contribution in [1.29, 1.82) is 0 Å². The van der Waals surface area contributed by atoms with Crippen LogP contribution in [0.2, 0.25) is 0 Å². The molecule has 1 aliphatic rings. The van der Waals surface area contributed by atoms with E-state index in [1.54, 1.807) is 12.1 Å². The third-order valence-corrected chi connectivity index (χ3v) is 5.39. The van der Waals surface area contributed by atoms with E-state index in [9.17, 15) is 9.59 Å². The number of hydrogen-bond acceptors (Lipinski definition) is 2. The van der Waals surface area contributed by atoms with Crippen LogP contribution in [-0.2, 0) is 17.6 Å². The van der Waals surface area contributed by atoms with Crippen molar-refractivity contribution in [3.05, 3.63) is 107 Å². The summed E-state index contributed by atoms with van der Waals surface area (Å²) < 4.78 is 0. The molecule has 0 unspecified atom stereocenters. The van der Waals surface area contributed by atoms with Crippen molar-refractivity contribution in [2.75, 3.05) is 0 Å². The van der Waals surface area contributed by atoms with Gasteiger partial charge in [-0.25, -0.2) is 0 Å². The number of benzene rings is 3. The second-order valence-electron chi connectivity index (χ2n) is 7.38. The van der Waals surface area contributed by atoms with E-state index in [1.165, 1.54) is 11.1 Å². The molecule has 3 aromatic rings. The van der Waals surface area contributed by atoms with Crippen LogP contribution in [0.25, 0.3) is 0 Å². The van der Waals surface area contributed by atoms with Gasteiger partial charge in [-0.1, -0.05) is 72.8 Å². The smallest absolute Gasteiger partial charge is 0.251 e. The Labute approximate surface area is 171 Å². The van der Waals surface area contributed by atoms with Gasteiger partial charge in [-0.3, -0.25) is 9.59 Å². The number of aryl methyl sites for hydroxylation is 1. The molecule has 2 atom stereocenters. The molecule has 4 nitrogen and oxygen atoms in total. The zero-order valence-electron chi connectivity index (χ0n) is 16.2. The van der Waals surface area contributed by atoms with E-state index in [0.29, 0.717) is 12.0 Å². The maximum Gasteiger partial charge on any atom is 0.251 e. The van der Waals surface area contributed by atoms with Gasteiger partial charge in [-0.15, -0.1) is 0 Å². The fraction of sp³-hybridized carbons (Fsp3) is 0.200. The lowest BCUT2D eigenvalue weighted by atomic mass is 10.0. The van der Waals surface area contributed by atoms with Gasteiger partial charge in [-0.05, 0) is 41.7 Å². The first kappa shape index (κ1) is 18.9. The minimum absolute atomic E-state index is 0.00870. The SMILES string of the molecule is O=C(N[C@H](Cc1ccccc1)C(=O)N[C@@H]1CCc2ccccc21)c1ccccc1. The Bertz CT molecular complexity index is 986. The lowest BCUT2D eigenvalue weighted by molar-refractivity contribution is -0.123. The topological polar surface area (TPSA) is 58.2 Å². The second kappa shape index (κ2) is 8.74. The Morgan fingerprint density at radius 3 is 2.28 bits per heavy atom. The van der Waals surface area contributed by atoms with E-state index < -0.39 is 6.04 Å². The highest BCUT2D eigenvalue weighted by atomic mass is 16.2. The minimum Gasteiger partial charge on any atom is -0.347 e. The third kappa shape index (κ3) is 4.54. The van der Waals surface area contributed by atoms with E-state index in [0.717, 1.165) is 18.4 Å². The van der Waals surface area contributed by atoms with Gasteiger partial charge in [-0.2, -0.15) is 0 Å². The molecule has 4 rings (SSSR count). The number of carbonyl (C=O) groups excluding carboxylic acids is 2. The fourth-order valence-corrected chi connectivity index (χ4v) is 3.87. The zero-order valence-corrected chi connectivity index (χ0v) is 16.2. The first-order valence-electron chi connectivity index (χ1n) is 9.99. The average molecular weight is 384 g/mol. The van der Waals surface area contributed by atoms with Gasteiger partial charge in [0.15, 0.2) is 0 Å². The van der Waals surface area contributed by atoms with Crippen molar-refractivity contribution in [2.45, 2.75) is 31.3 Å². The van der Waals surface area contributed by atoms with Gasteiger partial charge in [0.05, 0.1) is 6.04 Å². The molecule has 0 saturated carbocycles. The lowest BCUT2D eigenvalue weighted by Gasteiger charge is -2.22. The standard InChI is InChI=1S/C25H24N2O2/c28-24(20-12-5-2-6-13-20)27-23(17-18-9-3-1-4-10-18)25(29)26-22-16-15-19-11-7-8-14-21(19)22/h1-14,22-23H,15-17H2,(H,26,29)(H,27,28)/t22-,23-/m1/s1. The Kier molecular flexibility index (Phi) is 5.71. The number of carbonyl (C=O) groups is 2. The van der Waals surface area contributed by atoms with E-state index in [4.69, 9.17) is 0 Å². The highest BCUT2D eigenvalue weighted by molar-refractivity contribution is 5.97. The zero-order chi connectivity index (χ0) is 20.1. The maximum absolute atomic E-state index is 13.2. The predicted octanol–water partition coefficient (Wildman–Crippen LogP) is 3.83. The van der Waals surface area contributed by atoms with Crippen LogP contribution in [0.4, 0.5) is 0 Å². The van der Waals surface area contributed by atoms with Crippen LogP contribution in [0.15, 0.2) is 84.9 Å². The van der Waals surface area contributed by atoms with Crippen LogP contribution >= 0.6 is 0 Å². The number of fused-ring (bicyclic) bond motifs is 1. The summed E-state index contributed by atoms with van der Waals surface area (Å²) in [5.41, 5.74) is 4.01. The summed E-state index contributed by atoms with van der Waals surface area (Å²) >= 11 is 0. The summed E-state index contributed by atoms with van der Waals surface area (Å²) in [7, 11) is 0. The highest BCUT2D eigenvalue weighted by Crippen LogP contribution is 2.30. The molecule has 0 saturated heterocycles. The Hall–Kier alpha value is -3.40. The molecule has 29 heavy (non-hydrogen) atoms. The van der Waals surface area contributed by atoms with Crippen molar-refractivity contribution in [3.8, 4) is 0 Å². The van der Waals surface area contributed by atoms with Gasteiger partial charge in [0.25, 0.3) is 5.91 Å². The van der Waals surface area contributed by atoms with Crippen LogP contribution in [0.1, 0.15) is 39.5 Å². The van der Waals surface area contributed by atoms with Gasteiger partial charge < -0.3 is 10.6 Å². The summed E-state index contributed by atoms with van der Waals surface area (Å²) in [6.07, 6.45) is 2.29. The van der Waals surface area contributed by atoms with Crippen molar-refractivity contribution in [1.82, 2.24) is 10.6 Å². The molecule has 0 fully saturated rings. The maximum atomic E-state index is 13.2. The predicted molar refractivity (Wildman–Crippen MR) is 113 cm³/mol. The molecule has 2 N–H and O–H groups in total. The van der Waals surface area contributed by atoms with Gasteiger partial charge >= 0.3 is 0 Å². The fourth-order valence-electron chi connectivity index (χ4n) is 3.87. The molecule has 0 radical (unpaired) electrons. The molecule has 0 heterocycles. The third-order valence-electron chi connectivity index (χ3n) is 5.39. The Balaban J connectivity index is 1.51. The molecule has 3 aromatic carbocycles. The Morgan fingerprint density at radius 1 is 0.862 bits per heavy atom. The van der Waals surface area contributed by atoms with E-state index in [1.807, 2.05) is 60.7 Å². The van der Waals surface area contributed by atoms with Crippen molar-refractivity contribution >= 4 is 11.8 Å². The first-order valence-corrected chi connectivity index (χ1v) is 9.99. The monoisotopic (exact) mass is 384 g/mol. The summed E-state index contributed by atoms with van der Waals surface area (Å²) in [5, 5.41) is 6.09. The van der Waals surface area contributed by atoms with Crippen molar-refractivity contribution in [2.24, 2.45) is 0 Å². The van der Waals surface area contributed by atoms with Crippen molar-refractivity contribution in [3.63, 3.8) is 0 Å². The summed E-state index contributed by atoms with van der Waals surface area (Å²) in [6, 6.07) is 26.3. The average Bonchev–Trinajstić information content (AvgIpc) is 3.17. The molecular formula is C25H24N2O2. The second-order valence-corrected chi connectivity index (χ2v) is 7.38. The number of amides is 2.